The van der Waals surface area contributed by atoms with Crippen LogP contribution in [0.2, 0.25) is 0 Å². The van der Waals surface area contributed by atoms with Gasteiger partial charge in [0.1, 0.15) is 6.10 Å². The van der Waals surface area contributed by atoms with E-state index in [2.05, 4.69) is 5.32 Å². The van der Waals surface area contributed by atoms with Gasteiger partial charge >= 0.3 is 5.97 Å². The normalized spacial score (nSPS) is 24.7. The van der Waals surface area contributed by atoms with Gasteiger partial charge in [-0.15, -0.1) is 0 Å². The summed E-state index contributed by atoms with van der Waals surface area (Å²) in [6.07, 6.45) is -0.556. The number of carboxylic acids is 1. The summed E-state index contributed by atoms with van der Waals surface area (Å²) in [5.74, 6) is -1.21. The Morgan fingerprint density at radius 1 is 1.38 bits per heavy atom. The molecule has 0 bridgehead atoms. The zero-order valence-electron chi connectivity index (χ0n) is 9.60. The summed E-state index contributed by atoms with van der Waals surface area (Å²) in [7, 11) is 3.83. The van der Waals surface area contributed by atoms with Crippen molar-refractivity contribution in [1.82, 2.24) is 10.2 Å². The number of nitrogens with zero attached hydrogens (tertiary/aromatic N) is 1. The lowest BCUT2D eigenvalue weighted by Crippen LogP contribution is -2.38. The lowest BCUT2D eigenvalue weighted by molar-refractivity contribution is -0.151. The van der Waals surface area contributed by atoms with E-state index in [-0.39, 0.29) is 5.91 Å². The molecule has 6 nitrogen and oxygen atoms in total. The molecule has 0 spiro atoms. The average Bonchev–Trinajstić information content (AvgIpc) is 2.65. The fraction of sp³-hybridized carbons (Fsp3) is 0.800. The van der Waals surface area contributed by atoms with E-state index in [0.717, 1.165) is 6.54 Å². The molecule has 1 saturated heterocycles. The molecule has 1 heterocycles. The standard InChI is InChI=1S/C10H18N2O4/c1-12(2)6-5-11-9(13)7-3-4-8(16-7)10(14)15/h7-8H,3-6H2,1-2H3,(H,11,13)(H,14,15). The van der Waals surface area contributed by atoms with Crippen LogP contribution in [0.25, 0.3) is 0 Å². The van der Waals surface area contributed by atoms with Crippen molar-refractivity contribution in [2.24, 2.45) is 0 Å². The lowest BCUT2D eigenvalue weighted by Gasteiger charge is -2.13. The number of hydrogen-bond acceptors (Lipinski definition) is 4. The number of ether oxygens (including phenoxy) is 1. The maximum Gasteiger partial charge on any atom is 0.332 e. The minimum absolute atomic E-state index is 0.217. The Morgan fingerprint density at radius 2 is 2.00 bits per heavy atom. The Hall–Kier alpha value is -1.14. The van der Waals surface area contributed by atoms with Crippen molar-refractivity contribution in [2.45, 2.75) is 25.0 Å². The number of amides is 1. The second-order valence-electron chi connectivity index (χ2n) is 4.12. The van der Waals surface area contributed by atoms with Crippen LogP contribution in [0, 0.1) is 0 Å². The number of nitrogens with one attached hydrogen (secondary N) is 1. The van der Waals surface area contributed by atoms with Crippen LogP contribution >= 0.6 is 0 Å². The first-order valence-electron chi connectivity index (χ1n) is 5.31. The van der Waals surface area contributed by atoms with Crippen molar-refractivity contribution in [3.05, 3.63) is 0 Å². The van der Waals surface area contributed by atoms with Gasteiger partial charge in [-0.2, -0.15) is 0 Å². The molecule has 16 heavy (non-hydrogen) atoms. The van der Waals surface area contributed by atoms with Gasteiger partial charge in [0.25, 0.3) is 0 Å². The Labute approximate surface area is 94.6 Å². The van der Waals surface area contributed by atoms with Gasteiger partial charge in [-0.25, -0.2) is 4.79 Å². The Morgan fingerprint density at radius 3 is 2.50 bits per heavy atom. The summed E-state index contributed by atoms with van der Waals surface area (Å²) in [4.78, 5) is 24.1. The summed E-state index contributed by atoms with van der Waals surface area (Å²) in [5.41, 5.74) is 0. The number of rotatable bonds is 5. The van der Waals surface area contributed by atoms with Gasteiger partial charge in [-0.1, -0.05) is 0 Å². The largest absolute Gasteiger partial charge is 0.479 e. The first kappa shape index (κ1) is 12.9. The molecule has 0 aromatic carbocycles. The minimum Gasteiger partial charge on any atom is -0.479 e. The van der Waals surface area contributed by atoms with E-state index in [1.807, 2.05) is 19.0 Å². The van der Waals surface area contributed by atoms with Crippen molar-refractivity contribution < 1.29 is 19.4 Å². The second-order valence-corrected chi connectivity index (χ2v) is 4.12. The monoisotopic (exact) mass is 230 g/mol. The zero-order chi connectivity index (χ0) is 12.1. The molecule has 0 aromatic rings. The molecule has 1 rings (SSSR count). The van der Waals surface area contributed by atoms with Crippen molar-refractivity contribution in [1.29, 1.82) is 0 Å². The molecule has 1 aliphatic rings. The van der Waals surface area contributed by atoms with Crippen LogP contribution in [0.4, 0.5) is 0 Å². The summed E-state index contributed by atoms with van der Waals surface area (Å²) in [6.45, 7) is 1.30. The zero-order valence-corrected chi connectivity index (χ0v) is 9.60. The van der Waals surface area contributed by atoms with Gasteiger partial charge in [0, 0.05) is 13.1 Å². The lowest BCUT2D eigenvalue weighted by atomic mass is 10.2. The molecular weight excluding hydrogens is 212 g/mol. The highest BCUT2D eigenvalue weighted by Gasteiger charge is 2.34. The van der Waals surface area contributed by atoms with E-state index in [1.54, 1.807) is 0 Å². The van der Waals surface area contributed by atoms with Gasteiger partial charge in [0.05, 0.1) is 0 Å². The topological polar surface area (TPSA) is 78.9 Å². The molecule has 1 aliphatic heterocycles. The summed E-state index contributed by atoms with van der Waals surface area (Å²) in [6, 6.07) is 0. The number of carboxylic acid groups (broad SMARTS) is 1. The molecule has 2 N–H and O–H groups in total. The summed E-state index contributed by atoms with van der Waals surface area (Å²) < 4.78 is 5.12. The number of hydrogen-bond donors (Lipinski definition) is 2. The van der Waals surface area contributed by atoms with E-state index in [4.69, 9.17) is 9.84 Å². The van der Waals surface area contributed by atoms with Gasteiger partial charge in [-0.3, -0.25) is 4.79 Å². The van der Waals surface area contributed by atoms with Crippen LogP contribution in [0.15, 0.2) is 0 Å². The van der Waals surface area contributed by atoms with Crippen molar-refractivity contribution >= 4 is 11.9 Å². The van der Waals surface area contributed by atoms with Crippen LogP contribution < -0.4 is 5.32 Å². The maximum atomic E-state index is 11.5. The van der Waals surface area contributed by atoms with Gasteiger partial charge < -0.3 is 20.1 Å². The third-order valence-corrected chi connectivity index (χ3v) is 2.45. The maximum absolute atomic E-state index is 11.5. The van der Waals surface area contributed by atoms with Crippen LogP contribution in [-0.2, 0) is 14.3 Å². The predicted molar refractivity (Wildman–Crippen MR) is 57.1 cm³/mol. The summed E-state index contributed by atoms with van der Waals surface area (Å²) >= 11 is 0. The average molecular weight is 230 g/mol. The minimum atomic E-state index is -0.997. The third kappa shape index (κ3) is 3.79. The fourth-order valence-corrected chi connectivity index (χ4v) is 1.53. The van der Waals surface area contributed by atoms with E-state index < -0.39 is 18.2 Å². The molecule has 0 aliphatic carbocycles. The van der Waals surface area contributed by atoms with Gasteiger partial charge in [0.15, 0.2) is 6.10 Å². The number of carbonyl (C=O) groups is 2. The van der Waals surface area contributed by atoms with E-state index >= 15 is 0 Å². The Balaban J connectivity index is 2.26. The van der Waals surface area contributed by atoms with E-state index in [9.17, 15) is 9.59 Å². The fourth-order valence-electron chi connectivity index (χ4n) is 1.53. The molecule has 0 saturated carbocycles. The van der Waals surface area contributed by atoms with Crippen molar-refractivity contribution in [3.63, 3.8) is 0 Å². The summed E-state index contributed by atoms with van der Waals surface area (Å²) in [5, 5.41) is 11.4. The Bertz CT molecular complexity index is 268. The Kier molecular flexibility index (Phi) is 4.70. The highest BCUT2D eigenvalue weighted by atomic mass is 16.5. The van der Waals surface area contributed by atoms with Crippen molar-refractivity contribution in [3.8, 4) is 0 Å². The molecule has 0 radical (unpaired) electrons. The van der Waals surface area contributed by atoms with E-state index in [1.165, 1.54) is 0 Å². The van der Waals surface area contributed by atoms with Crippen molar-refractivity contribution in [2.75, 3.05) is 27.2 Å². The first-order chi connectivity index (χ1) is 7.50. The number of aliphatic carboxylic acids is 1. The van der Waals surface area contributed by atoms with E-state index in [0.29, 0.717) is 19.4 Å². The highest BCUT2D eigenvalue weighted by molar-refractivity contribution is 5.82. The molecule has 6 heteroatoms. The second kappa shape index (κ2) is 5.81. The molecule has 0 aromatic heterocycles. The van der Waals surface area contributed by atoms with Crippen LogP contribution in [0.3, 0.4) is 0 Å². The molecule has 1 amide bonds. The number of carbonyl (C=O) groups excluding carboxylic acids is 1. The third-order valence-electron chi connectivity index (χ3n) is 2.45. The molecule has 1 fully saturated rings. The molecular formula is C10H18N2O4. The van der Waals surface area contributed by atoms with Crippen LogP contribution in [-0.4, -0.2) is 61.3 Å². The SMILES string of the molecule is CN(C)CCNC(=O)C1CCC(C(=O)O)O1. The van der Waals surface area contributed by atoms with Crippen LogP contribution in [0.5, 0.6) is 0 Å². The van der Waals surface area contributed by atoms with Gasteiger partial charge in [0.2, 0.25) is 5.91 Å². The highest BCUT2D eigenvalue weighted by Crippen LogP contribution is 2.19. The smallest absolute Gasteiger partial charge is 0.332 e. The first-order valence-corrected chi connectivity index (χ1v) is 5.31. The quantitative estimate of drug-likeness (QED) is 0.652. The predicted octanol–water partition coefficient (Wildman–Crippen LogP) is -0.704. The van der Waals surface area contributed by atoms with Gasteiger partial charge in [-0.05, 0) is 26.9 Å². The number of likely N-dealkylation sites (N-methyl/N-ethyl adjacent to an activating group) is 1. The molecule has 2 atom stereocenters. The molecule has 2 unspecified atom stereocenters. The molecule has 92 valence electrons. The van der Waals surface area contributed by atoms with Crippen LogP contribution in [0.1, 0.15) is 12.8 Å².